The van der Waals surface area contributed by atoms with Crippen LogP contribution in [0.2, 0.25) is 0 Å². The van der Waals surface area contributed by atoms with Gasteiger partial charge in [0.1, 0.15) is 0 Å². The molecule has 0 radical (unpaired) electrons. The van der Waals surface area contributed by atoms with E-state index in [4.69, 9.17) is 0 Å². The van der Waals surface area contributed by atoms with Crippen LogP contribution in [-0.4, -0.2) is 11.1 Å². The number of carbonyl (C=O) groups is 1. The number of hydrogen-bond acceptors (Lipinski definition) is 1. The highest BCUT2D eigenvalue weighted by atomic mass is 16.4. The van der Waals surface area contributed by atoms with E-state index in [0.717, 1.165) is 38.5 Å². The van der Waals surface area contributed by atoms with Gasteiger partial charge in [-0.3, -0.25) is 4.79 Å². The maximum atomic E-state index is 11.4. The number of carboxylic acid groups (broad SMARTS) is 1. The van der Waals surface area contributed by atoms with E-state index in [-0.39, 0.29) is 5.41 Å². The summed E-state index contributed by atoms with van der Waals surface area (Å²) in [5.74, 6) is -0.574. The minimum atomic E-state index is -0.574. The van der Waals surface area contributed by atoms with Crippen molar-refractivity contribution in [3.8, 4) is 0 Å². The molecule has 0 aromatic heterocycles. The second-order valence-corrected chi connectivity index (χ2v) is 9.89. The lowest BCUT2D eigenvalue weighted by atomic mass is 9.87. The van der Waals surface area contributed by atoms with Crippen LogP contribution in [0.4, 0.5) is 0 Å². The predicted octanol–water partition coefficient (Wildman–Crippen LogP) is 6.70. The summed E-state index contributed by atoms with van der Waals surface area (Å²) < 4.78 is 0. The molecule has 0 unspecified atom stereocenters. The van der Waals surface area contributed by atoms with Crippen LogP contribution in [0.25, 0.3) is 0 Å². The molecular formula is C25H38O2. The van der Waals surface area contributed by atoms with E-state index in [1.807, 2.05) is 0 Å². The van der Waals surface area contributed by atoms with Crippen molar-refractivity contribution in [2.45, 2.75) is 105 Å². The molecule has 27 heavy (non-hydrogen) atoms. The first-order chi connectivity index (χ1) is 12.8. The fourth-order valence-corrected chi connectivity index (χ4v) is 4.61. The SMILES string of the molecule is Cc1cc(CCCCC2(C)CC2)c(CCCCC2(C(=O)O)CC2)c(C)c1C. The van der Waals surface area contributed by atoms with Crippen molar-refractivity contribution in [1.29, 1.82) is 0 Å². The van der Waals surface area contributed by atoms with Crippen molar-refractivity contribution in [1.82, 2.24) is 0 Å². The highest BCUT2D eigenvalue weighted by Gasteiger charge is 2.49. The van der Waals surface area contributed by atoms with Crippen LogP contribution in [0.5, 0.6) is 0 Å². The van der Waals surface area contributed by atoms with Crippen molar-refractivity contribution in [3.05, 3.63) is 33.9 Å². The van der Waals surface area contributed by atoms with Crippen LogP contribution in [0, 0.1) is 31.6 Å². The Morgan fingerprint density at radius 1 is 0.926 bits per heavy atom. The molecule has 2 aliphatic carbocycles. The monoisotopic (exact) mass is 370 g/mol. The van der Waals surface area contributed by atoms with Gasteiger partial charge in [0.2, 0.25) is 0 Å². The van der Waals surface area contributed by atoms with Crippen LogP contribution < -0.4 is 0 Å². The molecule has 1 N–H and O–H groups in total. The third kappa shape index (κ3) is 4.95. The van der Waals surface area contributed by atoms with Gasteiger partial charge >= 0.3 is 5.97 Å². The number of aliphatic carboxylic acids is 1. The first-order valence-corrected chi connectivity index (χ1v) is 11.1. The summed E-state index contributed by atoms with van der Waals surface area (Å²) in [6.07, 6.45) is 14.0. The first-order valence-electron chi connectivity index (χ1n) is 11.1. The number of benzene rings is 1. The van der Waals surface area contributed by atoms with E-state index in [0.29, 0.717) is 5.41 Å². The van der Waals surface area contributed by atoms with Gasteiger partial charge in [0.25, 0.3) is 0 Å². The second kappa shape index (κ2) is 7.97. The molecule has 0 aliphatic heterocycles. The van der Waals surface area contributed by atoms with E-state index < -0.39 is 5.97 Å². The van der Waals surface area contributed by atoms with E-state index in [9.17, 15) is 9.90 Å². The van der Waals surface area contributed by atoms with Gasteiger partial charge in [-0.25, -0.2) is 0 Å². The van der Waals surface area contributed by atoms with Crippen molar-refractivity contribution in [2.75, 3.05) is 0 Å². The van der Waals surface area contributed by atoms with Gasteiger partial charge in [-0.1, -0.05) is 25.8 Å². The maximum Gasteiger partial charge on any atom is 0.309 e. The molecule has 0 saturated heterocycles. The van der Waals surface area contributed by atoms with E-state index >= 15 is 0 Å². The Hall–Kier alpha value is -1.31. The zero-order valence-electron chi connectivity index (χ0n) is 17.9. The fourth-order valence-electron chi connectivity index (χ4n) is 4.61. The molecule has 150 valence electrons. The Bertz CT molecular complexity index is 693. The molecule has 2 aliphatic rings. The zero-order valence-corrected chi connectivity index (χ0v) is 17.9. The fraction of sp³-hybridized carbons (Fsp3) is 0.720. The van der Waals surface area contributed by atoms with Crippen LogP contribution in [0.15, 0.2) is 6.07 Å². The Morgan fingerprint density at radius 2 is 1.56 bits per heavy atom. The molecule has 0 amide bonds. The summed E-state index contributed by atoms with van der Waals surface area (Å²) in [6.45, 7) is 9.20. The average molecular weight is 371 g/mol. The summed E-state index contributed by atoms with van der Waals surface area (Å²) in [5, 5.41) is 9.36. The van der Waals surface area contributed by atoms with Gasteiger partial charge in [-0.2, -0.15) is 0 Å². The van der Waals surface area contributed by atoms with Crippen LogP contribution in [0.1, 0.15) is 98.9 Å². The first kappa shape index (κ1) is 20.4. The van der Waals surface area contributed by atoms with Crippen molar-refractivity contribution < 1.29 is 9.90 Å². The lowest BCUT2D eigenvalue weighted by Gasteiger charge is -2.18. The number of carboxylic acids is 1. The largest absolute Gasteiger partial charge is 0.481 e. The normalized spacial score (nSPS) is 19.1. The summed E-state index contributed by atoms with van der Waals surface area (Å²) in [4.78, 5) is 11.4. The molecule has 0 heterocycles. The molecule has 1 aromatic carbocycles. The molecule has 2 saturated carbocycles. The Morgan fingerprint density at radius 3 is 2.15 bits per heavy atom. The Balaban J connectivity index is 1.56. The minimum Gasteiger partial charge on any atom is -0.481 e. The molecule has 3 rings (SSSR count). The lowest BCUT2D eigenvalue weighted by Crippen LogP contribution is -2.14. The Kier molecular flexibility index (Phi) is 6.03. The van der Waals surface area contributed by atoms with Crippen LogP contribution in [-0.2, 0) is 17.6 Å². The van der Waals surface area contributed by atoms with Gasteiger partial charge in [-0.05, 0) is 118 Å². The van der Waals surface area contributed by atoms with E-state index in [1.165, 1.54) is 55.2 Å². The number of hydrogen-bond donors (Lipinski definition) is 1. The highest BCUT2D eigenvalue weighted by Crippen LogP contribution is 2.50. The summed E-state index contributed by atoms with van der Waals surface area (Å²) >= 11 is 0. The van der Waals surface area contributed by atoms with Crippen LogP contribution >= 0.6 is 0 Å². The third-order valence-electron chi connectivity index (χ3n) is 7.60. The van der Waals surface area contributed by atoms with Crippen LogP contribution in [0.3, 0.4) is 0 Å². The summed E-state index contributed by atoms with van der Waals surface area (Å²) in [7, 11) is 0. The molecule has 1 aromatic rings. The smallest absolute Gasteiger partial charge is 0.309 e. The molecular weight excluding hydrogens is 332 g/mol. The molecule has 0 bridgehead atoms. The van der Waals surface area contributed by atoms with Crippen molar-refractivity contribution >= 4 is 5.97 Å². The standard InChI is InChI=1S/C25H38O2/c1-18-17-21(9-5-7-11-24(4)13-14-24)22(20(3)19(18)2)10-6-8-12-25(15-16-25)23(26)27/h17H,5-16H2,1-4H3,(H,26,27). The molecule has 0 spiro atoms. The minimum absolute atomic E-state index is 0.361. The predicted molar refractivity (Wildman–Crippen MR) is 112 cm³/mol. The molecule has 2 fully saturated rings. The van der Waals surface area contributed by atoms with Gasteiger partial charge in [0.05, 0.1) is 5.41 Å². The van der Waals surface area contributed by atoms with E-state index in [1.54, 1.807) is 11.1 Å². The van der Waals surface area contributed by atoms with Crippen molar-refractivity contribution in [2.24, 2.45) is 10.8 Å². The van der Waals surface area contributed by atoms with Gasteiger partial charge in [0, 0.05) is 0 Å². The quantitative estimate of drug-likeness (QED) is 0.440. The molecule has 0 atom stereocenters. The number of rotatable bonds is 11. The molecule has 2 heteroatoms. The summed E-state index contributed by atoms with van der Waals surface area (Å²) in [5.41, 5.74) is 7.74. The number of aryl methyl sites for hydroxylation is 2. The van der Waals surface area contributed by atoms with E-state index in [2.05, 4.69) is 33.8 Å². The topological polar surface area (TPSA) is 37.3 Å². The summed E-state index contributed by atoms with van der Waals surface area (Å²) in [6, 6.07) is 2.43. The average Bonchev–Trinajstić information content (AvgIpc) is 3.54. The third-order valence-corrected chi connectivity index (χ3v) is 7.60. The van der Waals surface area contributed by atoms with Gasteiger partial charge < -0.3 is 5.11 Å². The lowest BCUT2D eigenvalue weighted by molar-refractivity contribution is -0.143. The zero-order chi connectivity index (χ0) is 19.7. The number of unbranched alkanes of at least 4 members (excludes halogenated alkanes) is 2. The van der Waals surface area contributed by atoms with Crippen molar-refractivity contribution in [3.63, 3.8) is 0 Å². The second-order valence-electron chi connectivity index (χ2n) is 9.89. The molecule has 2 nitrogen and oxygen atoms in total. The van der Waals surface area contributed by atoms with Gasteiger partial charge in [-0.15, -0.1) is 0 Å². The maximum absolute atomic E-state index is 11.4. The van der Waals surface area contributed by atoms with Gasteiger partial charge in [0.15, 0.2) is 0 Å². The highest BCUT2D eigenvalue weighted by molar-refractivity contribution is 5.77. The Labute approximate surface area is 165 Å².